The van der Waals surface area contributed by atoms with Crippen molar-refractivity contribution in [2.75, 3.05) is 0 Å². The summed E-state index contributed by atoms with van der Waals surface area (Å²) in [7, 11) is 0. The normalized spacial score (nSPS) is 12.2. The van der Waals surface area contributed by atoms with E-state index in [1.54, 1.807) is 19.1 Å². The van der Waals surface area contributed by atoms with Crippen LogP contribution in [-0.2, 0) is 0 Å². The Morgan fingerprint density at radius 1 is 1.09 bits per heavy atom. The van der Waals surface area contributed by atoms with Gasteiger partial charge < -0.3 is 5.11 Å². The number of hydrogen-bond donors (Lipinski definition) is 1. The summed E-state index contributed by atoms with van der Waals surface area (Å²) in [6, 6.07) is 0. The third-order valence-corrected chi connectivity index (χ3v) is 1.59. The SMILES string of the molecule is C/C=C(O)\C=C/C(C)=C(C)C. The molecule has 0 radical (unpaired) electrons. The quantitative estimate of drug-likeness (QED) is 0.475. The van der Waals surface area contributed by atoms with Crippen molar-refractivity contribution in [2.24, 2.45) is 0 Å². The van der Waals surface area contributed by atoms with E-state index in [1.165, 1.54) is 11.1 Å². The van der Waals surface area contributed by atoms with E-state index in [4.69, 9.17) is 5.11 Å². The van der Waals surface area contributed by atoms with Crippen LogP contribution in [0.4, 0.5) is 0 Å². The highest BCUT2D eigenvalue weighted by atomic mass is 16.3. The maximum absolute atomic E-state index is 9.04. The fraction of sp³-hybridized carbons (Fsp3) is 0.400. The molecule has 62 valence electrons. The van der Waals surface area contributed by atoms with E-state index in [0.29, 0.717) is 5.76 Å². The first-order valence-corrected chi connectivity index (χ1v) is 3.75. The molecule has 0 atom stereocenters. The zero-order valence-electron chi connectivity index (χ0n) is 7.68. The van der Waals surface area contributed by atoms with Gasteiger partial charge in [-0.25, -0.2) is 0 Å². The molecule has 0 spiro atoms. The topological polar surface area (TPSA) is 20.2 Å². The third kappa shape index (κ3) is 4.43. The van der Waals surface area contributed by atoms with Crippen LogP contribution in [0.1, 0.15) is 27.7 Å². The zero-order valence-corrected chi connectivity index (χ0v) is 7.68. The van der Waals surface area contributed by atoms with Gasteiger partial charge >= 0.3 is 0 Å². The summed E-state index contributed by atoms with van der Waals surface area (Å²) in [5.74, 6) is 0.311. The van der Waals surface area contributed by atoms with Crippen LogP contribution in [0, 0.1) is 0 Å². The first-order chi connectivity index (χ1) is 5.07. The van der Waals surface area contributed by atoms with E-state index in [2.05, 4.69) is 0 Å². The molecular formula is C10H16O. The van der Waals surface area contributed by atoms with Crippen molar-refractivity contribution in [3.05, 3.63) is 35.1 Å². The van der Waals surface area contributed by atoms with Gasteiger partial charge in [-0.05, 0) is 39.8 Å². The highest BCUT2D eigenvalue weighted by Gasteiger charge is 1.85. The van der Waals surface area contributed by atoms with Crippen LogP contribution in [0.15, 0.2) is 35.1 Å². The molecule has 0 heterocycles. The van der Waals surface area contributed by atoms with E-state index in [0.717, 1.165) is 0 Å². The van der Waals surface area contributed by atoms with Crippen molar-refractivity contribution < 1.29 is 5.11 Å². The molecule has 1 nitrogen and oxygen atoms in total. The van der Waals surface area contributed by atoms with Crippen molar-refractivity contribution in [1.82, 2.24) is 0 Å². The first-order valence-electron chi connectivity index (χ1n) is 3.75. The maximum Gasteiger partial charge on any atom is 0.111 e. The van der Waals surface area contributed by atoms with Crippen LogP contribution in [0.25, 0.3) is 0 Å². The van der Waals surface area contributed by atoms with Gasteiger partial charge in [0.1, 0.15) is 5.76 Å². The third-order valence-electron chi connectivity index (χ3n) is 1.59. The van der Waals surface area contributed by atoms with Gasteiger partial charge in [0.05, 0.1) is 0 Å². The van der Waals surface area contributed by atoms with Crippen LogP contribution in [0.2, 0.25) is 0 Å². The molecule has 0 aliphatic heterocycles. The molecular weight excluding hydrogens is 136 g/mol. The number of allylic oxidation sites excluding steroid dienone is 5. The zero-order chi connectivity index (χ0) is 8.85. The fourth-order valence-corrected chi connectivity index (χ4v) is 0.473. The minimum atomic E-state index is 0.311. The molecule has 1 heteroatoms. The number of aliphatic hydroxyl groups is 1. The van der Waals surface area contributed by atoms with E-state index < -0.39 is 0 Å². The second-order valence-electron chi connectivity index (χ2n) is 2.73. The summed E-state index contributed by atoms with van der Waals surface area (Å²) in [4.78, 5) is 0. The fourth-order valence-electron chi connectivity index (χ4n) is 0.473. The second-order valence-corrected chi connectivity index (χ2v) is 2.73. The monoisotopic (exact) mass is 152 g/mol. The van der Waals surface area contributed by atoms with E-state index in [-0.39, 0.29) is 0 Å². The largest absolute Gasteiger partial charge is 0.508 e. The molecule has 0 saturated heterocycles. The summed E-state index contributed by atoms with van der Waals surface area (Å²) in [5, 5.41) is 9.04. The van der Waals surface area contributed by atoms with Crippen molar-refractivity contribution in [3.63, 3.8) is 0 Å². The highest BCUT2D eigenvalue weighted by molar-refractivity contribution is 5.25. The predicted molar refractivity (Wildman–Crippen MR) is 49.6 cm³/mol. The van der Waals surface area contributed by atoms with E-state index in [1.807, 2.05) is 26.8 Å². The number of hydrogen-bond acceptors (Lipinski definition) is 1. The Labute approximate surface area is 68.7 Å². The average Bonchev–Trinajstić information content (AvgIpc) is 1.99. The van der Waals surface area contributed by atoms with Gasteiger partial charge in [0.2, 0.25) is 0 Å². The van der Waals surface area contributed by atoms with E-state index >= 15 is 0 Å². The molecule has 0 aromatic carbocycles. The molecule has 0 rings (SSSR count). The molecule has 0 saturated carbocycles. The van der Waals surface area contributed by atoms with Gasteiger partial charge in [-0.3, -0.25) is 0 Å². The Hall–Kier alpha value is -0.980. The van der Waals surface area contributed by atoms with Gasteiger partial charge in [0.25, 0.3) is 0 Å². The summed E-state index contributed by atoms with van der Waals surface area (Å²) < 4.78 is 0. The maximum atomic E-state index is 9.04. The standard InChI is InChI=1S/C10H16O/c1-5-10(11)7-6-9(4)8(2)3/h5-7,11H,1-4H3/b7-6-,10-5+. The molecule has 11 heavy (non-hydrogen) atoms. The van der Waals surface area contributed by atoms with Gasteiger partial charge in [-0.2, -0.15) is 0 Å². The van der Waals surface area contributed by atoms with Gasteiger partial charge in [-0.15, -0.1) is 0 Å². The first kappa shape index (κ1) is 10.0. The van der Waals surface area contributed by atoms with Crippen molar-refractivity contribution in [1.29, 1.82) is 0 Å². The van der Waals surface area contributed by atoms with Crippen LogP contribution in [-0.4, -0.2) is 5.11 Å². The Kier molecular flexibility index (Phi) is 4.35. The summed E-state index contributed by atoms with van der Waals surface area (Å²) in [5.41, 5.74) is 2.46. The van der Waals surface area contributed by atoms with Gasteiger partial charge in [0.15, 0.2) is 0 Å². The molecule has 1 N–H and O–H groups in total. The summed E-state index contributed by atoms with van der Waals surface area (Å²) in [6.07, 6.45) is 5.27. The molecule has 0 bridgehead atoms. The summed E-state index contributed by atoms with van der Waals surface area (Å²) in [6.45, 7) is 7.92. The lowest BCUT2D eigenvalue weighted by Crippen LogP contribution is -1.75. The van der Waals surface area contributed by atoms with Crippen molar-refractivity contribution in [3.8, 4) is 0 Å². The Balaban J connectivity index is 4.27. The molecule has 0 amide bonds. The minimum Gasteiger partial charge on any atom is -0.508 e. The molecule has 0 unspecified atom stereocenters. The predicted octanol–water partition coefficient (Wildman–Crippen LogP) is 3.36. The Morgan fingerprint density at radius 3 is 2.00 bits per heavy atom. The van der Waals surface area contributed by atoms with Crippen LogP contribution >= 0.6 is 0 Å². The lowest BCUT2D eigenvalue weighted by Gasteiger charge is -1.94. The lowest BCUT2D eigenvalue weighted by molar-refractivity contribution is 0.431. The lowest BCUT2D eigenvalue weighted by atomic mass is 10.1. The average molecular weight is 152 g/mol. The molecule has 0 fully saturated rings. The smallest absolute Gasteiger partial charge is 0.111 e. The van der Waals surface area contributed by atoms with Gasteiger partial charge in [0, 0.05) is 0 Å². The van der Waals surface area contributed by atoms with Crippen molar-refractivity contribution >= 4 is 0 Å². The Morgan fingerprint density at radius 2 is 1.64 bits per heavy atom. The highest BCUT2D eigenvalue weighted by Crippen LogP contribution is 2.04. The molecule has 0 aliphatic carbocycles. The summed E-state index contributed by atoms with van der Waals surface area (Å²) >= 11 is 0. The van der Waals surface area contributed by atoms with Crippen LogP contribution < -0.4 is 0 Å². The molecule has 0 aromatic rings. The second kappa shape index (κ2) is 4.78. The van der Waals surface area contributed by atoms with Crippen molar-refractivity contribution in [2.45, 2.75) is 27.7 Å². The van der Waals surface area contributed by atoms with Crippen LogP contribution in [0.5, 0.6) is 0 Å². The number of rotatable bonds is 2. The van der Waals surface area contributed by atoms with Crippen LogP contribution in [0.3, 0.4) is 0 Å². The van der Waals surface area contributed by atoms with Gasteiger partial charge in [-0.1, -0.05) is 17.2 Å². The molecule has 0 aliphatic rings. The van der Waals surface area contributed by atoms with E-state index in [9.17, 15) is 0 Å². The number of aliphatic hydroxyl groups excluding tert-OH is 1. The Bertz CT molecular complexity index is 203. The minimum absolute atomic E-state index is 0.311. The molecule has 0 aromatic heterocycles.